The average Bonchev–Trinajstić information content (AvgIpc) is 3.12. The second-order valence-corrected chi connectivity index (χ2v) is 8.20. The normalized spacial score (nSPS) is 26.7. The van der Waals surface area contributed by atoms with Gasteiger partial charge in [-0.1, -0.05) is 6.07 Å². The Balaban J connectivity index is 1.69. The van der Waals surface area contributed by atoms with Crippen molar-refractivity contribution >= 4 is 34.9 Å². The number of carbonyl (C=O) groups excluding carboxylic acids is 2. The van der Waals surface area contributed by atoms with E-state index in [1.165, 1.54) is 0 Å². The van der Waals surface area contributed by atoms with Crippen molar-refractivity contribution in [2.75, 3.05) is 39.8 Å². The number of amides is 2. The third kappa shape index (κ3) is 3.16. The molecule has 0 radical (unpaired) electrons. The van der Waals surface area contributed by atoms with E-state index in [2.05, 4.69) is 11.9 Å². The number of rotatable bonds is 3. The lowest BCUT2D eigenvalue weighted by atomic mass is 10.3. The van der Waals surface area contributed by atoms with Crippen molar-refractivity contribution in [3.8, 4) is 0 Å². The van der Waals surface area contributed by atoms with Crippen LogP contribution in [0.4, 0.5) is 0 Å². The zero-order chi connectivity index (χ0) is 15.7. The minimum absolute atomic E-state index is 0.0149. The van der Waals surface area contributed by atoms with Crippen LogP contribution in [-0.2, 0) is 9.59 Å². The summed E-state index contributed by atoms with van der Waals surface area (Å²) in [5.41, 5.74) is 0. The quantitative estimate of drug-likeness (QED) is 0.837. The number of thiophene rings is 1. The molecule has 2 aliphatic heterocycles. The van der Waals surface area contributed by atoms with Gasteiger partial charge < -0.3 is 14.7 Å². The molecule has 0 bridgehead atoms. The van der Waals surface area contributed by atoms with Crippen molar-refractivity contribution in [3.63, 3.8) is 0 Å². The van der Waals surface area contributed by atoms with Crippen molar-refractivity contribution in [2.45, 2.75) is 17.5 Å². The van der Waals surface area contributed by atoms with Crippen LogP contribution in [0.1, 0.15) is 17.2 Å². The molecule has 2 saturated heterocycles. The lowest BCUT2D eigenvalue weighted by molar-refractivity contribution is -0.140. The number of hydrogen-bond donors (Lipinski definition) is 0. The second kappa shape index (κ2) is 6.60. The molecule has 2 unspecified atom stereocenters. The van der Waals surface area contributed by atoms with E-state index in [0.29, 0.717) is 0 Å². The summed E-state index contributed by atoms with van der Waals surface area (Å²) in [5, 5.41) is 1.93. The number of carbonyl (C=O) groups is 2. The van der Waals surface area contributed by atoms with Crippen molar-refractivity contribution in [1.82, 2.24) is 14.7 Å². The Bertz CT molecular complexity index is 541. The van der Waals surface area contributed by atoms with Crippen LogP contribution in [0, 0.1) is 0 Å². The first-order chi connectivity index (χ1) is 10.6. The maximum atomic E-state index is 12.5. The van der Waals surface area contributed by atoms with Gasteiger partial charge in [0.2, 0.25) is 11.8 Å². The van der Waals surface area contributed by atoms with Crippen molar-refractivity contribution < 1.29 is 9.59 Å². The lowest BCUT2D eigenvalue weighted by Crippen LogP contribution is -2.50. The van der Waals surface area contributed by atoms with Crippen molar-refractivity contribution in [1.29, 1.82) is 0 Å². The molecule has 1 aromatic rings. The number of nitrogens with zero attached hydrogens (tertiary/aromatic N) is 3. The Labute approximate surface area is 139 Å². The molecule has 5 nitrogen and oxygen atoms in total. The summed E-state index contributed by atoms with van der Waals surface area (Å²) in [6.45, 7) is 5.43. The molecular formula is C15H21N3O2S2. The molecule has 120 valence electrons. The topological polar surface area (TPSA) is 43.9 Å². The van der Waals surface area contributed by atoms with Gasteiger partial charge >= 0.3 is 0 Å². The fraction of sp³-hybridized carbons (Fsp3) is 0.600. The molecule has 0 aromatic carbocycles. The largest absolute Gasteiger partial charge is 0.339 e. The maximum Gasteiger partial charge on any atom is 0.242 e. The van der Waals surface area contributed by atoms with E-state index in [9.17, 15) is 9.59 Å². The Morgan fingerprint density at radius 2 is 2.05 bits per heavy atom. The Morgan fingerprint density at radius 3 is 2.68 bits per heavy atom. The third-order valence-electron chi connectivity index (χ3n) is 4.20. The van der Waals surface area contributed by atoms with E-state index in [1.54, 1.807) is 28.0 Å². The molecule has 2 amide bonds. The fourth-order valence-corrected chi connectivity index (χ4v) is 5.01. The first-order valence-corrected chi connectivity index (χ1v) is 9.34. The van der Waals surface area contributed by atoms with E-state index in [0.717, 1.165) is 31.1 Å². The number of piperazine rings is 1. The molecule has 0 spiro atoms. The van der Waals surface area contributed by atoms with Crippen LogP contribution in [0.2, 0.25) is 0 Å². The molecule has 3 rings (SSSR count). The Morgan fingerprint density at radius 1 is 1.32 bits per heavy atom. The van der Waals surface area contributed by atoms with Gasteiger partial charge in [-0.15, -0.1) is 23.1 Å². The summed E-state index contributed by atoms with van der Waals surface area (Å²) in [5.74, 6) is 0.142. The van der Waals surface area contributed by atoms with E-state index >= 15 is 0 Å². The molecule has 1 aromatic heterocycles. The third-order valence-corrected chi connectivity index (χ3v) is 6.65. The fourth-order valence-electron chi connectivity index (χ4n) is 2.79. The summed E-state index contributed by atoms with van der Waals surface area (Å²) in [4.78, 5) is 31.9. The van der Waals surface area contributed by atoms with Crippen LogP contribution in [0.5, 0.6) is 0 Å². The highest BCUT2D eigenvalue weighted by atomic mass is 32.2. The molecule has 7 heteroatoms. The number of thioether (sulfide) groups is 1. The smallest absolute Gasteiger partial charge is 0.242 e. The van der Waals surface area contributed by atoms with Crippen LogP contribution < -0.4 is 0 Å². The summed E-state index contributed by atoms with van der Waals surface area (Å²) >= 11 is 3.28. The van der Waals surface area contributed by atoms with E-state index in [-0.39, 0.29) is 29.0 Å². The highest BCUT2D eigenvalue weighted by Crippen LogP contribution is 2.44. The molecule has 0 saturated carbocycles. The van der Waals surface area contributed by atoms with Crippen molar-refractivity contribution in [2.24, 2.45) is 0 Å². The van der Waals surface area contributed by atoms with E-state index < -0.39 is 0 Å². The maximum absolute atomic E-state index is 12.5. The molecule has 2 aliphatic rings. The average molecular weight is 339 g/mol. The van der Waals surface area contributed by atoms with Gasteiger partial charge in [-0.05, 0) is 25.4 Å². The zero-order valence-electron chi connectivity index (χ0n) is 12.9. The molecule has 22 heavy (non-hydrogen) atoms. The Kier molecular flexibility index (Phi) is 4.75. The highest BCUT2D eigenvalue weighted by molar-refractivity contribution is 8.01. The minimum atomic E-state index is -0.0765. The van der Waals surface area contributed by atoms with Crippen molar-refractivity contribution in [3.05, 3.63) is 22.4 Å². The molecule has 2 atom stereocenters. The van der Waals surface area contributed by atoms with Gasteiger partial charge in [-0.25, -0.2) is 0 Å². The predicted molar refractivity (Wildman–Crippen MR) is 89.9 cm³/mol. The Hall–Kier alpha value is -1.05. The van der Waals surface area contributed by atoms with Crippen LogP contribution >= 0.6 is 23.1 Å². The number of hydrogen-bond acceptors (Lipinski definition) is 5. The summed E-state index contributed by atoms with van der Waals surface area (Å²) < 4.78 is 0. The van der Waals surface area contributed by atoms with Crippen LogP contribution in [0.3, 0.4) is 0 Å². The van der Waals surface area contributed by atoms with Crippen LogP contribution in [-0.4, -0.2) is 71.5 Å². The number of likely N-dealkylation sites (N-methyl/N-ethyl adjacent to an activating group) is 1. The van der Waals surface area contributed by atoms with Gasteiger partial charge in [0.15, 0.2) is 0 Å². The zero-order valence-corrected chi connectivity index (χ0v) is 14.5. The summed E-state index contributed by atoms with van der Waals surface area (Å²) in [6, 6.07) is 4.04. The second-order valence-electron chi connectivity index (χ2n) is 5.80. The van der Waals surface area contributed by atoms with E-state index in [4.69, 9.17) is 0 Å². The summed E-state index contributed by atoms with van der Waals surface area (Å²) in [6.07, 6.45) is 0. The molecular weight excluding hydrogens is 318 g/mol. The highest BCUT2D eigenvalue weighted by Gasteiger charge is 2.40. The minimum Gasteiger partial charge on any atom is -0.339 e. The summed E-state index contributed by atoms with van der Waals surface area (Å²) in [7, 11) is 2.07. The first-order valence-electron chi connectivity index (χ1n) is 7.52. The molecule has 0 aliphatic carbocycles. The molecule has 2 fully saturated rings. The van der Waals surface area contributed by atoms with Crippen LogP contribution in [0.25, 0.3) is 0 Å². The van der Waals surface area contributed by atoms with Crippen LogP contribution in [0.15, 0.2) is 17.5 Å². The van der Waals surface area contributed by atoms with Gasteiger partial charge in [0.25, 0.3) is 0 Å². The van der Waals surface area contributed by atoms with Gasteiger partial charge in [-0.2, -0.15) is 0 Å². The lowest BCUT2D eigenvalue weighted by Gasteiger charge is -2.34. The molecule has 0 N–H and O–H groups in total. The van der Waals surface area contributed by atoms with Gasteiger partial charge in [0.05, 0.1) is 5.25 Å². The standard InChI is InChI=1S/C15H21N3O2S2/c1-11-14(20)18(15(22-11)12-4-3-9-21-12)10-13(19)17-7-5-16(2)6-8-17/h3-4,9,11,15H,5-8,10H2,1-2H3. The van der Waals surface area contributed by atoms with Gasteiger partial charge in [0, 0.05) is 31.1 Å². The van der Waals surface area contributed by atoms with Gasteiger partial charge in [-0.3, -0.25) is 9.59 Å². The van der Waals surface area contributed by atoms with E-state index in [1.807, 2.05) is 29.3 Å². The SMILES string of the molecule is CC1SC(c2cccs2)N(CC(=O)N2CCN(C)CC2)C1=O. The molecule has 3 heterocycles. The first kappa shape index (κ1) is 15.8. The predicted octanol–water partition coefficient (Wildman–Crippen LogP) is 1.48. The monoisotopic (exact) mass is 339 g/mol. The van der Waals surface area contributed by atoms with Gasteiger partial charge in [0.1, 0.15) is 11.9 Å².